The number of carbonyl (C=O) groups excluding carboxylic acids is 2. The molecule has 0 saturated carbocycles. The van der Waals surface area contributed by atoms with Crippen LogP contribution in [0.2, 0.25) is 0 Å². The molecular formula is C17H23FN4O2. The molecule has 2 aliphatic heterocycles. The highest BCUT2D eigenvalue weighted by Crippen LogP contribution is 2.28. The average molecular weight is 334 g/mol. The maximum atomic E-state index is 13.3. The number of urea groups is 2. The lowest BCUT2D eigenvalue weighted by Crippen LogP contribution is -2.51. The van der Waals surface area contributed by atoms with Gasteiger partial charge in [-0.2, -0.15) is 0 Å². The van der Waals surface area contributed by atoms with Crippen LogP contribution in [0.4, 0.5) is 19.7 Å². The Morgan fingerprint density at radius 2 is 1.96 bits per heavy atom. The Morgan fingerprint density at radius 1 is 1.21 bits per heavy atom. The number of halogens is 1. The molecule has 0 aromatic heterocycles. The van der Waals surface area contributed by atoms with E-state index in [0.29, 0.717) is 32.6 Å². The van der Waals surface area contributed by atoms with Crippen molar-refractivity contribution >= 4 is 17.7 Å². The van der Waals surface area contributed by atoms with Gasteiger partial charge in [-0.15, -0.1) is 0 Å². The summed E-state index contributed by atoms with van der Waals surface area (Å²) in [6.45, 7) is 4.36. The van der Waals surface area contributed by atoms with Crippen LogP contribution in [0.15, 0.2) is 18.2 Å². The molecular weight excluding hydrogens is 311 g/mol. The zero-order chi connectivity index (χ0) is 17.1. The molecule has 6 nitrogen and oxygen atoms in total. The van der Waals surface area contributed by atoms with Crippen molar-refractivity contribution in [2.24, 2.45) is 0 Å². The molecule has 3 rings (SSSR count). The van der Waals surface area contributed by atoms with Gasteiger partial charge >= 0.3 is 12.1 Å². The van der Waals surface area contributed by atoms with Crippen molar-refractivity contribution in [2.75, 3.05) is 31.1 Å². The molecule has 1 aromatic rings. The van der Waals surface area contributed by atoms with Gasteiger partial charge in [0.2, 0.25) is 0 Å². The number of likely N-dealkylation sites (tertiary alicyclic amines) is 1. The number of benzene rings is 1. The summed E-state index contributed by atoms with van der Waals surface area (Å²) in [5, 5.41) is 5.83. The fraction of sp³-hybridized carbons (Fsp3) is 0.529. The Labute approximate surface area is 141 Å². The first-order valence-corrected chi connectivity index (χ1v) is 8.47. The summed E-state index contributed by atoms with van der Waals surface area (Å²) in [7, 11) is 0. The number of nitrogens with one attached hydrogen (secondary N) is 2. The number of rotatable bonds is 2. The first-order valence-electron chi connectivity index (χ1n) is 8.47. The van der Waals surface area contributed by atoms with Crippen molar-refractivity contribution < 1.29 is 14.0 Å². The van der Waals surface area contributed by atoms with Crippen LogP contribution in [0.3, 0.4) is 0 Å². The fourth-order valence-electron chi connectivity index (χ4n) is 3.32. The number of anilines is 1. The predicted molar refractivity (Wildman–Crippen MR) is 89.6 cm³/mol. The zero-order valence-electron chi connectivity index (χ0n) is 13.8. The lowest BCUT2D eigenvalue weighted by atomic mass is 10.1. The van der Waals surface area contributed by atoms with E-state index in [4.69, 9.17) is 0 Å². The van der Waals surface area contributed by atoms with E-state index in [0.717, 1.165) is 24.1 Å². The normalized spacial score (nSPS) is 17.6. The lowest BCUT2D eigenvalue weighted by molar-refractivity contribution is 0.177. The molecule has 0 atom stereocenters. The van der Waals surface area contributed by atoms with E-state index in [9.17, 15) is 14.0 Å². The lowest BCUT2D eigenvalue weighted by Gasteiger charge is -2.33. The number of piperidine rings is 1. The van der Waals surface area contributed by atoms with Crippen LogP contribution in [-0.2, 0) is 6.42 Å². The molecule has 1 aromatic carbocycles. The average Bonchev–Trinajstić information content (AvgIpc) is 2.98. The number of carbonyl (C=O) groups is 2. The van der Waals surface area contributed by atoms with Crippen molar-refractivity contribution in [2.45, 2.75) is 32.2 Å². The molecule has 0 unspecified atom stereocenters. The maximum Gasteiger partial charge on any atom is 0.322 e. The van der Waals surface area contributed by atoms with Gasteiger partial charge in [0.15, 0.2) is 0 Å². The summed E-state index contributed by atoms with van der Waals surface area (Å²) in [5.74, 6) is -0.270. The molecule has 24 heavy (non-hydrogen) atoms. The highest BCUT2D eigenvalue weighted by molar-refractivity contribution is 5.94. The van der Waals surface area contributed by atoms with Crippen molar-refractivity contribution in [3.8, 4) is 0 Å². The molecule has 0 aliphatic carbocycles. The SMILES string of the molecule is CCNC(=O)N1CCC(NC(=O)N2CCc3cc(F)ccc32)CC1. The molecule has 2 N–H and O–H groups in total. The molecule has 1 fully saturated rings. The van der Waals surface area contributed by atoms with Crippen LogP contribution in [0, 0.1) is 5.82 Å². The van der Waals surface area contributed by atoms with Crippen molar-refractivity contribution in [3.05, 3.63) is 29.6 Å². The third-order valence-corrected chi connectivity index (χ3v) is 4.62. The molecule has 0 bridgehead atoms. The Kier molecular flexibility index (Phi) is 4.87. The van der Waals surface area contributed by atoms with E-state index in [1.54, 1.807) is 15.9 Å². The molecule has 0 spiro atoms. The van der Waals surface area contributed by atoms with Gasteiger partial charge in [0.25, 0.3) is 0 Å². The first kappa shape index (κ1) is 16.5. The monoisotopic (exact) mass is 334 g/mol. The molecule has 2 heterocycles. The topological polar surface area (TPSA) is 64.7 Å². The molecule has 4 amide bonds. The second-order valence-electron chi connectivity index (χ2n) is 6.22. The third kappa shape index (κ3) is 3.44. The van der Waals surface area contributed by atoms with E-state index in [-0.39, 0.29) is 23.9 Å². The number of fused-ring (bicyclic) bond motifs is 1. The Bertz CT molecular complexity index is 629. The molecule has 0 radical (unpaired) electrons. The Hall–Kier alpha value is -2.31. The van der Waals surface area contributed by atoms with Crippen LogP contribution < -0.4 is 15.5 Å². The second-order valence-corrected chi connectivity index (χ2v) is 6.22. The standard InChI is InChI=1S/C17H23FN4O2/c1-2-19-16(23)21-8-6-14(7-9-21)20-17(24)22-10-5-12-11-13(18)3-4-15(12)22/h3-4,11,14H,2,5-10H2,1H3,(H,19,23)(H,20,24). The number of nitrogens with zero attached hydrogens (tertiary/aromatic N) is 2. The van der Waals surface area contributed by atoms with Gasteiger partial charge in [-0.05, 0) is 49.9 Å². The van der Waals surface area contributed by atoms with Crippen molar-refractivity contribution in [1.82, 2.24) is 15.5 Å². The summed E-state index contributed by atoms with van der Waals surface area (Å²) in [6, 6.07) is 4.42. The Morgan fingerprint density at radius 3 is 2.67 bits per heavy atom. The molecule has 2 aliphatic rings. The van der Waals surface area contributed by atoms with E-state index in [1.807, 2.05) is 6.92 Å². The maximum absolute atomic E-state index is 13.3. The number of hydrogen-bond acceptors (Lipinski definition) is 2. The minimum atomic E-state index is -0.270. The smallest absolute Gasteiger partial charge is 0.322 e. The van der Waals surface area contributed by atoms with Crippen LogP contribution in [0.25, 0.3) is 0 Å². The molecule has 1 saturated heterocycles. The first-order chi connectivity index (χ1) is 11.6. The quantitative estimate of drug-likeness (QED) is 0.870. The third-order valence-electron chi connectivity index (χ3n) is 4.62. The summed E-state index contributed by atoms with van der Waals surface area (Å²) >= 11 is 0. The highest BCUT2D eigenvalue weighted by atomic mass is 19.1. The van der Waals surface area contributed by atoms with Gasteiger partial charge in [0.05, 0.1) is 0 Å². The van der Waals surface area contributed by atoms with Gasteiger partial charge in [-0.25, -0.2) is 14.0 Å². The van der Waals surface area contributed by atoms with Gasteiger partial charge in [-0.1, -0.05) is 0 Å². The predicted octanol–water partition coefficient (Wildman–Crippen LogP) is 2.09. The zero-order valence-corrected chi connectivity index (χ0v) is 13.8. The second kappa shape index (κ2) is 7.07. The van der Waals surface area contributed by atoms with Gasteiger partial charge in [0.1, 0.15) is 5.82 Å². The number of hydrogen-bond donors (Lipinski definition) is 2. The van der Waals surface area contributed by atoms with Crippen molar-refractivity contribution in [1.29, 1.82) is 0 Å². The summed E-state index contributed by atoms with van der Waals surface area (Å²) < 4.78 is 13.3. The fourth-order valence-corrected chi connectivity index (χ4v) is 3.32. The summed E-state index contributed by atoms with van der Waals surface area (Å²) in [5.41, 5.74) is 1.66. The Balaban J connectivity index is 1.53. The summed E-state index contributed by atoms with van der Waals surface area (Å²) in [6.07, 6.45) is 2.16. The molecule has 130 valence electrons. The van der Waals surface area contributed by atoms with E-state index < -0.39 is 0 Å². The van der Waals surface area contributed by atoms with Crippen LogP contribution in [-0.4, -0.2) is 49.2 Å². The minimum Gasteiger partial charge on any atom is -0.338 e. The largest absolute Gasteiger partial charge is 0.338 e. The van der Waals surface area contributed by atoms with Crippen molar-refractivity contribution in [3.63, 3.8) is 0 Å². The number of amides is 4. The summed E-state index contributed by atoms with van der Waals surface area (Å²) in [4.78, 5) is 27.7. The van der Waals surface area contributed by atoms with Gasteiger partial charge in [-0.3, -0.25) is 4.90 Å². The highest BCUT2D eigenvalue weighted by Gasteiger charge is 2.28. The minimum absolute atomic E-state index is 0.0437. The van der Waals surface area contributed by atoms with E-state index >= 15 is 0 Å². The van der Waals surface area contributed by atoms with Gasteiger partial charge < -0.3 is 15.5 Å². The van der Waals surface area contributed by atoms with Gasteiger partial charge in [0, 0.05) is 37.9 Å². The van der Waals surface area contributed by atoms with Crippen LogP contribution >= 0.6 is 0 Å². The van der Waals surface area contributed by atoms with E-state index in [2.05, 4.69) is 10.6 Å². The van der Waals surface area contributed by atoms with Crippen LogP contribution in [0.1, 0.15) is 25.3 Å². The molecule has 7 heteroatoms. The van der Waals surface area contributed by atoms with Crippen LogP contribution in [0.5, 0.6) is 0 Å². The van der Waals surface area contributed by atoms with E-state index in [1.165, 1.54) is 12.1 Å².